The van der Waals surface area contributed by atoms with E-state index in [0.717, 1.165) is 0 Å². The van der Waals surface area contributed by atoms with Crippen molar-refractivity contribution in [2.45, 2.75) is 5.92 Å². The molecule has 2 aromatic carbocycles. The van der Waals surface area contributed by atoms with Crippen molar-refractivity contribution in [2.75, 3.05) is 158 Å². The first-order valence-corrected chi connectivity index (χ1v) is 18.6. The molecule has 0 saturated heterocycles. The quantitative estimate of drug-likeness (QED) is 0.0750. The molecule has 0 saturated carbocycles. The summed E-state index contributed by atoms with van der Waals surface area (Å²) in [6.07, 6.45) is -0.364. The van der Waals surface area contributed by atoms with E-state index < -0.39 is 0 Å². The van der Waals surface area contributed by atoms with Gasteiger partial charge in [0.25, 0.3) is 0 Å². The minimum atomic E-state index is -0.364. The van der Waals surface area contributed by atoms with Gasteiger partial charge in [-0.05, 0) is 22.3 Å². The summed E-state index contributed by atoms with van der Waals surface area (Å²) < 4.78 is 60.3. The number of halogens is 1. The molecule has 0 bridgehead atoms. The van der Waals surface area contributed by atoms with E-state index in [2.05, 4.69) is 24.3 Å². The Morgan fingerprint density at radius 1 is 0.500 bits per heavy atom. The van der Waals surface area contributed by atoms with E-state index in [1.807, 2.05) is 24.3 Å². The predicted octanol–water partition coefficient (Wildman–Crippen LogP) is 4.27. The summed E-state index contributed by atoms with van der Waals surface area (Å²) in [5.74, 6) is 0.532. The van der Waals surface area contributed by atoms with Crippen LogP contribution in [0.1, 0.15) is 17.0 Å². The molecule has 3 rings (SSSR count). The molecule has 1 aliphatic rings. The first-order valence-electron chi connectivity index (χ1n) is 18.1. The lowest BCUT2D eigenvalue weighted by Gasteiger charge is -2.19. The van der Waals surface area contributed by atoms with Gasteiger partial charge in [-0.2, -0.15) is 0 Å². The molecule has 14 heteroatoms. The van der Waals surface area contributed by atoms with Crippen molar-refractivity contribution < 1.29 is 56.9 Å². The topological polar surface area (TPSA) is 122 Å². The Morgan fingerprint density at radius 3 is 1.15 bits per heavy atom. The molecular formula is C38H58ClNO12. The second kappa shape index (κ2) is 30.0. The molecule has 1 aliphatic carbocycles. The summed E-state index contributed by atoms with van der Waals surface area (Å²) in [4.78, 5) is 14.1. The second-order valence-electron chi connectivity index (χ2n) is 11.5. The number of alkyl halides is 1. The predicted molar refractivity (Wildman–Crippen MR) is 197 cm³/mol. The van der Waals surface area contributed by atoms with E-state index in [1.54, 1.807) is 7.05 Å². The first-order chi connectivity index (χ1) is 25.7. The van der Waals surface area contributed by atoms with Crippen LogP contribution in [0.2, 0.25) is 0 Å². The van der Waals surface area contributed by atoms with E-state index in [1.165, 1.54) is 27.2 Å². The van der Waals surface area contributed by atoms with Crippen molar-refractivity contribution in [3.05, 3.63) is 59.7 Å². The van der Waals surface area contributed by atoms with Gasteiger partial charge in [0.05, 0.1) is 132 Å². The Morgan fingerprint density at radius 2 is 0.808 bits per heavy atom. The molecule has 0 fully saturated rings. The molecule has 0 atom stereocenters. The summed E-state index contributed by atoms with van der Waals surface area (Å²) in [6.45, 7) is 10.6. The number of ether oxygens (including phenoxy) is 11. The van der Waals surface area contributed by atoms with Crippen molar-refractivity contribution in [3.8, 4) is 11.1 Å². The highest BCUT2D eigenvalue weighted by atomic mass is 35.5. The standard InChI is InChI=1S/C38H58ClNO12/c1-40(38(41)52-32-37-35-8-4-2-6-33(35)34-7-3-5-9-36(34)37)11-13-43-15-17-45-19-21-47-23-25-49-27-29-51-31-30-50-28-26-48-24-22-46-20-18-44-16-14-42-12-10-39/h2-9,37H,10-32H2,1H3. The smallest absolute Gasteiger partial charge is 0.409 e. The van der Waals surface area contributed by atoms with Crippen molar-refractivity contribution >= 4 is 17.7 Å². The summed E-state index contributed by atoms with van der Waals surface area (Å²) in [6, 6.07) is 16.6. The van der Waals surface area contributed by atoms with Gasteiger partial charge in [-0.1, -0.05) is 48.5 Å². The van der Waals surface area contributed by atoms with E-state index in [4.69, 9.17) is 63.7 Å². The van der Waals surface area contributed by atoms with Crippen molar-refractivity contribution in [2.24, 2.45) is 0 Å². The number of fused-ring (bicyclic) bond motifs is 3. The van der Waals surface area contributed by atoms with E-state index in [9.17, 15) is 4.79 Å². The zero-order valence-electron chi connectivity index (χ0n) is 30.7. The molecule has 294 valence electrons. The van der Waals surface area contributed by atoms with Crippen LogP contribution in [0.5, 0.6) is 0 Å². The lowest BCUT2D eigenvalue weighted by molar-refractivity contribution is -0.0264. The number of carbonyl (C=O) groups is 1. The number of nitrogens with zero attached hydrogens (tertiary/aromatic N) is 1. The second-order valence-corrected chi connectivity index (χ2v) is 11.9. The molecule has 2 aromatic rings. The zero-order valence-corrected chi connectivity index (χ0v) is 31.4. The molecule has 52 heavy (non-hydrogen) atoms. The number of rotatable bonds is 34. The highest BCUT2D eigenvalue weighted by Gasteiger charge is 2.29. The van der Waals surface area contributed by atoms with Gasteiger partial charge in [0.15, 0.2) is 0 Å². The monoisotopic (exact) mass is 755 g/mol. The molecule has 0 aromatic heterocycles. The van der Waals surface area contributed by atoms with E-state index in [0.29, 0.717) is 151 Å². The third kappa shape index (κ3) is 19.1. The van der Waals surface area contributed by atoms with Gasteiger partial charge in [-0.3, -0.25) is 0 Å². The summed E-state index contributed by atoms with van der Waals surface area (Å²) >= 11 is 5.52. The number of carbonyl (C=O) groups excluding carboxylic acids is 1. The fraction of sp³-hybridized carbons (Fsp3) is 0.658. The van der Waals surface area contributed by atoms with Crippen LogP contribution >= 0.6 is 11.6 Å². The first kappa shape index (κ1) is 44.0. The van der Waals surface area contributed by atoms with Gasteiger partial charge in [0, 0.05) is 25.4 Å². The van der Waals surface area contributed by atoms with Gasteiger partial charge in [0.2, 0.25) is 0 Å². The van der Waals surface area contributed by atoms with Crippen molar-refractivity contribution in [1.29, 1.82) is 0 Å². The molecule has 0 heterocycles. The third-order valence-corrected chi connectivity index (χ3v) is 7.94. The normalized spacial score (nSPS) is 12.3. The van der Waals surface area contributed by atoms with Crippen LogP contribution in [0.3, 0.4) is 0 Å². The number of likely N-dealkylation sites (N-methyl/N-ethyl adjacent to an activating group) is 1. The molecule has 0 aliphatic heterocycles. The Labute approximate surface area is 313 Å². The summed E-state index contributed by atoms with van der Waals surface area (Å²) in [5, 5.41) is 0. The summed E-state index contributed by atoms with van der Waals surface area (Å²) in [5.41, 5.74) is 4.80. The fourth-order valence-corrected chi connectivity index (χ4v) is 5.24. The number of benzene rings is 2. The maximum absolute atomic E-state index is 12.6. The Hall–Kier alpha value is -2.40. The van der Waals surface area contributed by atoms with Gasteiger partial charge < -0.3 is 57.0 Å². The maximum atomic E-state index is 12.6. The summed E-state index contributed by atoms with van der Waals surface area (Å²) in [7, 11) is 1.71. The van der Waals surface area contributed by atoms with Crippen LogP contribution in [0.15, 0.2) is 48.5 Å². The average Bonchev–Trinajstić information content (AvgIpc) is 3.49. The minimum absolute atomic E-state index is 0.0390. The van der Waals surface area contributed by atoms with Gasteiger partial charge in [-0.15, -0.1) is 11.6 Å². The number of hydrogen-bond acceptors (Lipinski definition) is 12. The van der Waals surface area contributed by atoms with Crippen LogP contribution in [0.4, 0.5) is 4.79 Å². The van der Waals surface area contributed by atoms with Gasteiger partial charge in [0.1, 0.15) is 6.61 Å². The van der Waals surface area contributed by atoms with Crippen LogP contribution in [0.25, 0.3) is 11.1 Å². The average molecular weight is 756 g/mol. The molecule has 0 N–H and O–H groups in total. The van der Waals surface area contributed by atoms with Gasteiger partial charge in [-0.25, -0.2) is 4.79 Å². The highest BCUT2D eigenvalue weighted by molar-refractivity contribution is 6.17. The Balaban J connectivity index is 0.988. The van der Waals surface area contributed by atoms with Crippen LogP contribution in [-0.2, 0) is 52.1 Å². The van der Waals surface area contributed by atoms with E-state index in [-0.39, 0.29) is 12.0 Å². The fourth-order valence-electron chi connectivity index (χ4n) is 5.13. The molecule has 0 unspecified atom stereocenters. The number of amides is 1. The Kier molecular flexibility index (Phi) is 25.4. The van der Waals surface area contributed by atoms with Crippen LogP contribution < -0.4 is 0 Å². The molecule has 0 radical (unpaired) electrons. The largest absolute Gasteiger partial charge is 0.448 e. The lowest BCUT2D eigenvalue weighted by atomic mass is 9.98. The van der Waals surface area contributed by atoms with Crippen LogP contribution in [0, 0.1) is 0 Å². The molecule has 0 spiro atoms. The Bertz CT molecular complexity index is 1130. The van der Waals surface area contributed by atoms with Crippen molar-refractivity contribution in [1.82, 2.24) is 4.90 Å². The van der Waals surface area contributed by atoms with E-state index >= 15 is 0 Å². The molecule has 1 amide bonds. The van der Waals surface area contributed by atoms with Crippen molar-refractivity contribution in [3.63, 3.8) is 0 Å². The SMILES string of the molecule is CN(CCOCCOCCOCCOCCOCCOCCOCCOCCOCCOCCCl)C(=O)OCC1c2ccccc2-c2ccccc21. The lowest BCUT2D eigenvalue weighted by Crippen LogP contribution is -2.32. The zero-order chi connectivity index (χ0) is 36.7. The highest BCUT2D eigenvalue weighted by Crippen LogP contribution is 2.44. The maximum Gasteiger partial charge on any atom is 0.409 e. The minimum Gasteiger partial charge on any atom is -0.448 e. The van der Waals surface area contributed by atoms with Crippen LogP contribution in [-0.4, -0.2) is 169 Å². The number of hydrogen-bond donors (Lipinski definition) is 0. The molecular weight excluding hydrogens is 698 g/mol. The van der Waals surface area contributed by atoms with Gasteiger partial charge >= 0.3 is 6.09 Å². The molecule has 13 nitrogen and oxygen atoms in total. The third-order valence-electron chi connectivity index (χ3n) is 7.79.